The number of anilines is 1. The van der Waals surface area contributed by atoms with Crippen LogP contribution in [0.4, 0.5) is 5.69 Å². The number of nitrogens with one attached hydrogen (secondary N) is 1. The highest BCUT2D eigenvalue weighted by molar-refractivity contribution is 6.30. The molecule has 0 unspecified atom stereocenters. The van der Waals surface area contributed by atoms with E-state index in [0.717, 1.165) is 5.69 Å². The topological polar surface area (TPSA) is 63.8 Å². The summed E-state index contributed by atoms with van der Waals surface area (Å²) in [5, 5.41) is 8.31. The third-order valence-corrected chi connectivity index (χ3v) is 3.19. The third-order valence-electron chi connectivity index (χ3n) is 2.71. The van der Waals surface area contributed by atoms with Crippen molar-refractivity contribution in [1.82, 2.24) is 15.1 Å². The number of halogens is 2. The molecule has 2 aromatic heterocycles. The molecule has 1 N–H and O–H groups in total. The molecule has 0 amide bonds. The summed E-state index contributed by atoms with van der Waals surface area (Å²) >= 11 is 11.6. The lowest BCUT2D eigenvalue weighted by molar-refractivity contribution is 0.384. The Balaban J connectivity index is 1.67. The Morgan fingerprint density at radius 3 is 2.48 bits per heavy atom. The van der Waals surface area contributed by atoms with E-state index in [9.17, 15) is 0 Å². The second-order valence-corrected chi connectivity index (χ2v) is 5.11. The van der Waals surface area contributed by atoms with Crippen LogP contribution in [0, 0.1) is 0 Å². The molecule has 0 saturated heterocycles. The molecule has 1 aromatic carbocycles. The van der Waals surface area contributed by atoms with Crippen LogP contribution in [0.5, 0.6) is 0 Å². The van der Waals surface area contributed by atoms with Gasteiger partial charge in [0.2, 0.25) is 11.7 Å². The van der Waals surface area contributed by atoms with Gasteiger partial charge in [-0.1, -0.05) is 28.4 Å². The van der Waals surface area contributed by atoms with Gasteiger partial charge in [-0.3, -0.25) is 4.98 Å². The summed E-state index contributed by atoms with van der Waals surface area (Å²) in [5.74, 6) is 0.899. The molecule has 2 heterocycles. The molecule has 0 saturated carbocycles. The Morgan fingerprint density at radius 2 is 1.76 bits per heavy atom. The van der Waals surface area contributed by atoms with Crippen molar-refractivity contribution in [3.8, 4) is 11.5 Å². The predicted molar refractivity (Wildman–Crippen MR) is 81.3 cm³/mol. The van der Waals surface area contributed by atoms with Crippen LogP contribution in [0.25, 0.3) is 11.5 Å². The first kappa shape index (κ1) is 13.9. The Hall–Kier alpha value is -2.11. The summed E-state index contributed by atoms with van der Waals surface area (Å²) in [6.07, 6.45) is 1.54. The third kappa shape index (κ3) is 3.51. The van der Waals surface area contributed by atoms with Crippen molar-refractivity contribution in [2.75, 3.05) is 5.32 Å². The maximum absolute atomic E-state index is 5.83. The molecule has 0 atom stereocenters. The SMILES string of the molecule is Clc1ccc(NCc2nc(-c3ccc(Cl)cn3)no2)cc1. The summed E-state index contributed by atoms with van der Waals surface area (Å²) in [7, 11) is 0. The summed E-state index contributed by atoms with van der Waals surface area (Å²) < 4.78 is 5.17. The minimum absolute atomic E-state index is 0.419. The van der Waals surface area contributed by atoms with Crippen LogP contribution in [0.3, 0.4) is 0 Å². The molecule has 0 bridgehead atoms. The van der Waals surface area contributed by atoms with Gasteiger partial charge in [-0.2, -0.15) is 4.98 Å². The number of aromatic nitrogens is 3. The summed E-state index contributed by atoms with van der Waals surface area (Å²) in [4.78, 5) is 8.41. The number of benzene rings is 1. The Kier molecular flexibility index (Phi) is 4.03. The first-order valence-corrected chi connectivity index (χ1v) is 6.90. The van der Waals surface area contributed by atoms with Crippen LogP contribution in [0.2, 0.25) is 10.0 Å². The van der Waals surface area contributed by atoms with Crippen LogP contribution in [-0.4, -0.2) is 15.1 Å². The molecule has 21 heavy (non-hydrogen) atoms. The fraction of sp³-hybridized carbons (Fsp3) is 0.0714. The molecule has 3 rings (SSSR count). The number of pyridine rings is 1. The molecular weight excluding hydrogens is 311 g/mol. The number of hydrogen-bond acceptors (Lipinski definition) is 5. The van der Waals surface area contributed by atoms with Crippen molar-refractivity contribution < 1.29 is 4.52 Å². The normalized spacial score (nSPS) is 10.6. The van der Waals surface area contributed by atoms with E-state index in [-0.39, 0.29) is 0 Å². The molecule has 0 aliphatic carbocycles. The summed E-state index contributed by atoms with van der Waals surface area (Å²) in [5.41, 5.74) is 1.53. The van der Waals surface area contributed by atoms with E-state index < -0.39 is 0 Å². The average molecular weight is 321 g/mol. The highest BCUT2D eigenvalue weighted by Gasteiger charge is 2.09. The van der Waals surface area contributed by atoms with Crippen molar-refractivity contribution in [3.05, 3.63) is 58.5 Å². The lowest BCUT2D eigenvalue weighted by Gasteiger charge is -2.02. The Labute approximate surface area is 130 Å². The van der Waals surface area contributed by atoms with Crippen LogP contribution in [0.1, 0.15) is 5.89 Å². The maximum atomic E-state index is 5.83. The van der Waals surface area contributed by atoms with Crippen molar-refractivity contribution in [3.63, 3.8) is 0 Å². The van der Waals surface area contributed by atoms with Crippen molar-refractivity contribution >= 4 is 28.9 Å². The van der Waals surface area contributed by atoms with E-state index in [1.54, 1.807) is 30.5 Å². The highest BCUT2D eigenvalue weighted by Crippen LogP contribution is 2.17. The van der Waals surface area contributed by atoms with Crippen LogP contribution in [0.15, 0.2) is 47.1 Å². The monoisotopic (exact) mass is 320 g/mol. The largest absolute Gasteiger partial charge is 0.376 e. The maximum Gasteiger partial charge on any atom is 0.246 e. The van der Waals surface area contributed by atoms with Gasteiger partial charge in [0, 0.05) is 16.9 Å². The average Bonchev–Trinajstić information content (AvgIpc) is 2.96. The quantitative estimate of drug-likeness (QED) is 0.785. The molecular formula is C14H10Cl2N4O. The van der Waals surface area contributed by atoms with Gasteiger partial charge in [-0.25, -0.2) is 0 Å². The smallest absolute Gasteiger partial charge is 0.246 e. The van der Waals surface area contributed by atoms with Crippen molar-refractivity contribution in [2.24, 2.45) is 0 Å². The molecule has 3 aromatic rings. The minimum atomic E-state index is 0.419. The number of rotatable bonds is 4. The van der Waals surface area contributed by atoms with E-state index in [0.29, 0.717) is 34.0 Å². The van der Waals surface area contributed by atoms with Gasteiger partial charge in [0.1, 0.15) is 5.69 Å². The highest BCUT2D eigenvalue weighted by atomic mass is 35.5. The van der Waals surface area contributed by atoms with E-state index >= 15 is 0 Å². The minimum Gasteiger partial charge on any atom is -0.376 e. The number of nitrogens with zero attached hydrogens (tertiary/aromatic N) is 3. The first-order chi connectivity index (χ1) is 10.2. The first-order valence-electron chi connectivity index (χ1n) is 6.15. The fourth-order valence-corrected chi connectivity index (χ4v) is 1.92. The van der Waals surface area contributed by atoms with Gasteiger partial charge in [-0.15, -0.1) is 0 Å². The second-order valence-electron chi connectivity index (χ2n) is 4.23. The molecule has 0 spiro atoms. The molecule has 0 aliphatic rings. The van der Waals surface area contributed by atoms with Gasteiger partial charge in [0.05, 0.1) is 11.6 Å². The zero-order valence-electron chi connectivity index (χ0n) is 10.8. The second kappa shape index (κ2) is 6.11. The summed E-state index contributed by atoms with van der Waals surface area (Å²) in [6.45, 7) is 0.419. The van der Waals surface area contributed by atoms with E-state index in [1.807, 2.05) is 12.1 Å². The number of hydrogen-bond donors (Lipinski definition) is 1. The Morgan fingerprint density at radius 1 is 1.00 bits per heavy atom. The van der Waals surface area contributed by atoms with E-state index in [2.05, 4.69) is 20.4 Å². The zero-order valence-corrected chi connectivity index (χ0v) is 12.3. The van der Waals surface area contributed by atoms with Crippen LogP contribution in [-0.2, 0) is 6.54 Å². The predicted octanol–water partition coefficient (Wildman–Crippen LogP) is 4.05. The van der Waals surface area contributed by atoms with Gasteiger partial charge >= 0.3 is 0 Å². The standard InChI is InChI=1S/C14H10Cl2N4O/c15-9-1-4-11(5-2-9)17-8-13-19-14(20-21-13)12-6-3-10(16)7-18-12/h1-7,17H,8H2. The van der Waals surface area contributed by atoms with Crippen molar-refractivity contribution in [2.45, 2.75) is 6.54 Å². The molecule has 0 radical (unpaired) electrons. The van der Waals surface area contributed by atoms with Gasteiger partial charge in [0.25, 0.3) is 0 Å². The lowest BCUT2D eigenvalue weighted by Crippen LogP contribution is -1.99. The van der Waals surface area contributed by atoms with Gasteiger partial charge < -0.3 is 9.84 Å². The van der Waals surface area contributed by atoms with Gasteiger partial charge in [-0.05, 0) is 36.4 Å². The van der Waals surface area contributed by atoms with E-state index in [1.165, 1.54) is 0 Å². The molecule has 106 valence electrons. The van der Waals surface area contributed by atoms with Crippen LogP contribution >= 0.6 is 23.2 Å². The fourth-order valence-electron chi connectivity index (χ4n) is 1.68. The van der Waals surface area contributed by atoms with Gasteiger partial charge in [0.15, 0.2) is 0 Å². The zero-order chi connectivity index (χ0) is 14.7. The molecule has 5 nitrogen and oxygen atoms in total. The Bertz CT molecular complexity index is 725. The molecule has 0 aliphatic heterocycles. The van der Waals surface area contributed by atoms with Crippen LogP contribution < -0.4 is 5.32 Å². The lowest BCUT2D eigenvalue weighted by atomic mass is 10.3. The van der Waals surface area contributed by atoms with Crippen molar-refractivity contribution in [1.29, 1.82) is 0 Å². The molecule has 0 fully saturated rings. The molecule has 7 heteroatoms. The summed E-state index contributed by atoms with van der Waals surface area (Å²) in [6, 6.07) is 10.8. The van der Waals surface area contributed by atoms with E-state index in [4.69, 9.17) is 27.7 Å².